The Kier molecular flexibility index (Phi) is 5.29. The molecule has 1 aliphatic heterocycles. The molecule has 1 saturated heterocycles. The molecular weight excluding hydrogens is 405 g/mol. The highest BCUT2D eigenvalue weighted by molar-refractivity contribution is 7.19. The minimum absolute atomic E-state index is 0.153. The molecule has 4 rings (SSSR count). The lowest BCUT2D eigenvalue weighted by molar-refractivity contribution is 0.0955. The molecule has 0 unspecified atom stereocenters. The second kappa shape index (κ2) is 7.69. The number of hydrogen-bond acceptors (Lipinski definition) is 5. The van der Waals surface area contributed by atoms with Gasteiger partial charge in [-0.3, -0.25) is 4.79 Å². The van der Waals surface area contributed by atoms with Crippen molar-refractivity contribution < 1.29 is 9.53 Å². The van der Waals surface area contributed by atoms with Gasteiger partial charge in [-0.05, 0) is 25.0 Å². The van der Waals surface area contributed by atoms with E-state index < -0.39 is 0 Å². The summed E-state index contributed by atoms with van der Waals surface area (Å²) >= 11 is 13.8. The predicted molar refractivity (Wildman–Crippen MR) is 108 cm³/mol. The molecule has 2 fully saturated rings. The number of carbonyl (C=O) groups is 1. The first-order valence-electron chi connectivity index (χ1n) is 8.74. The van der Waals surface area contributed by atoms with Gasteiger partial charge in [0.05, 0.1) is 18.8 Å². The van der Waals surface area contributed by atoms with Crippen molar-refractivity contribution in [2.24, 2.45) is 0 Å². The van der Waals surface area contributed by atoms with Crippen LogP contribution in [0.15, 0.2) is 18.2 Å². The third-order valence-electron chi connectivity index (χ3n) is 4.62. The first-order valence-corrected chi connectivity index (χ1v) is 10.3. The van der Waals surface area contributed by atoms with Gasteiger partial charge in [0.2, 0.25) is 0 Å². The highest BCUT2D eigenvalue weighted by Gasteiger charge is 2.31. The Morgan fingerprint density at radius 3 is 2.67 bits per heavy atom. The van der Waals surface area contributed by atoms with E-state index in [1.54, 1.807) is 18.2 Å². The largest absolute Gasteiger partial charge is 0.378 e. The molecule has 2 aromatic rings. The SMILES string of the molecule is N#Cc1c(N2CCOCC2)sc(C(=O)NC2CC2)c1-c1ccc(Cl)cc1Cl. The Hall–Kier alpha value is -1.78. The van der Waals surface area contributed by atoms with E-state index in [0.717, 1.165) is 17.8 Å². The van der Waals surface area contributed by atoms with Crippen molar-refractivity contribution in [3.8, 4) is 17.2 Å². The average Bonchev–Trinajstić information content (AvgIpc) is 3.39. The first-order chi connectivity index (χ1) is 13.1. The average molecular weight is 422 g/mol. The quantitative estimate of drug-likeness (QED) is 0.797. The molecule has 1 aromatic carbocycles. The topological polar surface area (TPSA) is 65.4 Å². The molecule has 1 aliphatic carbocycles. The normalized spacial score (nSPS) is 16.9. The number of nitrogens with one attached hydrogen (secondary N) is 1. The molecule has 1 aromatic heterocycles. The molecule has 2 aliphatic rings. The van der Waals surface area contributed by atoms with Gasteiger partial charge in [-0.1, -0.05) is 29.3 Å². The Morgan fingerprint density at radius 2 is 2.04 bits per heavy atom. The summed E-state index contributed by atoms with van der Waals surface area (Å²) in [6.45, 7) is 2.58. The summed E-state index contributed by atoms with van der Waals surface area (Å²) in [6.07, 6.45) is 1.99. The number of anilines is 1. The molecule has 1 saturated carbocycles. The number of benzene rings is 1. The molecular formula is C19H17Cl2N3O2S. The van der Waals surface area contributed by atoms with Crippen molar-refractivity contribution in [2.75, 3.05) is 31.2 Å². The number of morpholine rings is 1. The van der Waals surface area contributed by atoms with Crippen molar-refractivity contribution in [1.29, 1.82) is 5.26 Å². The van der Waals surface area contributed by atoms with Gasteiger partial charge in [0.1, 0.15) is 15.9 Å². The van der Waals surface area contributed by atoms with Crippen LogP contribution < -0.4 is 10.2 Å². The van der Waals surface area contributed by atoms with Gasteiger partial charge < -0.3 is 15.0 Å². The lowest BCUT2D eigenvalue weighted by Crippen LogP contribution is -2.36. The maximum absolute atomic E-state index is 12.9. The van der Waals surface area contributed by atoms with Gasteiger partial charge in [0.15, 0.2) is 0 Å². The summed E-state index contributed by atoms with van der Waals surface area (Å²) in [5.74, 6) is -0.153. The zero-order chi connectivity index (χ0) is 19.0. The molecule has 0 radical (unpaired) electrons. The van der Waals surface area contributed by atoms with E-state index in [1.165, 1.54) is 11.3 Å². The maximum atomic E-state index is 12.9. The van der Waals surface area contributed by atoms with E-state index in [2.05, 4.69) is 16.3 Å². The van der Waals surface area contributed by atoms with Crippen molar-refractivity contribution in [3.05, 3.63) is 38.7 Å². The third kappa shape index (κ3) is 3.78. The molecule has 1 amide bonds. The van der Waals surface area contributed by atoms with Crippen LogP contribution in [-0.4, -0.2) is 38.3 Å². The molecule has 140 valence electrons. The van der Waals surface area contributed by atoms with E-state index in [0.29, 0.717) is 57.9 Å². The van der Waals surface area contributed by atoms with Crippen LogP contribution >= 0.6 is 34.5 Å². The van der Waals surface area contributed by atoms with Crippen LogP contribution in [0.4, 0.5) is 5.00 Å². The summed E-state index contributed by atoms with van der Waals surface area (Å²) in [6, 6.07) is 7.65. The lowest BCUT2D eigenvalue weighted by atomic mass is 10.0. The minimum atomic E-state index is -0.153. The molecule has 0 spiro atoms. The summed E-state index contributed by atoms with van der Waals surface area (Å²) < 4.78 is 5.42. The Labute approximate surface area is 171 Å². The van der Waals surface area contributed by atoms with Crippen molar-refractivity contribution in [3.63, 3.8) is 0 Å². The summed E-state index contributed by atoms with van der Waals surface area (Å²) in [5.41, 5.74) is 1.71. The zero-order valence-electron chi connectivity index (χ0n) is 14.4. The number of carbonyl (C=O) groups excluding carboxylic acids is 1. The molecule has 5 nitrogen and oxygen atoms in total. The first kappa shape index (κ1) is 18.6. The van der Waals surface area contributed by atoms with E-state index >= 15 is 0 Å². The Bertz CT molecular complexity index is 928. The molecule has 1 N–H and O–H groups in total. The van der Waals surface area contributed by atoms with Crippen molar-refractivity contribution in [2.45, 2.75) is 18.9 Å². The molecule has 0 bridgehead atoms. The number of halogens is 2. The predicted octanol–water partition coefficient (Wildman–Crippen LogP) is 4.32. The molecule has 8 heteroatoms. The van der Waals surface area contributed by atoms with Gasteiger partial charge in [-0.2, -0.15) is 5.26 Å². The Morgan fingerprint density at radius 1 is 1.30 bits per heavy atom. The van der Waals surface area contributed by atoms with Crippen LogP contribution in [0.5, 0.6) is 0 Å². The summed E-state index contributed by atoms with van der Waals surface area (Å²) in [7, 11) is 0. The minimum Gasteiger partial charge on any atom is -0.378 e. The molecule has 27 heavy (non-hydrogen) atoms. The number of nitriles is 1. The summed E-state index contributed by atoms with van der Waals surface area (Å²) in [5, 5.41) is 14.7. The number of rotatable bonds is 4. The number of amides is 1. The van der Waals surface area contributed by atoms with Gasteiger partial charge in [0.25, 0.3) is 5.91 Å². The van der Waals surface area contributed by atoms with Crippen LogP contribution in [-0.2, 0) is 4.74 Å². The van der Waals surface area contributed by atoms with Crippen LogP contribution in [0.2, 0.25) is 10.0 Å². The number of nitrogens with zero attached hydrogens (tertiary/aromatic N) is 2. The second-order valence-electron chi connectivity index (χ2n) is 6.57. The smallest absolute Gasteiger partial charge is 0.262 e. The van der Waals surface area contributed by atoms with Gasteiger partial charge in [-0.15, -0.1) is 11.3 Å². The fourth-order valence-electron chi connectivity index (χ4n) is 3.10. The van der Waals surface area contributed by atoms with Crippen LogP contribution in [0, 0.1) is 11.3 Å². The lowest BCUT2D eigenvalue weighted by Gasteiger charge is -2.27. The van der Waals surface area contributed by atoms with Crippen LogP contribution in [0.25, 0.3) is 11.1 Å². The monoisotopic (exact) mass is 421 g/mol. The highest BCUT2D eigenvalue weighted by Crippen LogP contribution is 2.45. The maximum Gasteiger partial charge on any atom is 0.262 e. The van der Waals surface area contributed by atoms with E-state index in [9.17, 15) is 10.1 Å². The van der Waals surface area contributed by atoms with E-state index in [-0.39, 0.29) is 11.9 Å². The van der Waals surface area contributed by atoms with Crippen molar-refractivity contribution >= 4 is 45.4 Å². The van der Waals surface area contributed by atoms with Crippen LogP contribution in [0.3, 0.4) is 0 Å². The van der Waals surface area contributed by atoms with Crippen LogP contribution in [0.1, 0.15) is 28.1 Å². The van der Waals surface area contributed by atoms with E-state index in [1.807, 2.05) is 0 Å². The number of ether oxygens (including phenoxy) is 1. The molecule has 2 heterocycles. The highest BCUT2D eigenvalue weighted by atomic mass is 35.5. The standard InChI is InChI=1S/C19H17Cl2N3O2S/c20-11-1-4-13(15(21)9-11)16-14(10-22)19(24-5-7-26-8-6-24)27-17(16)18(25)23-12-2-3-12/h1,4,9,12H,2-3,5-8H2,(H,23,25). The third-order valence-corrected chi connectivity index (χ3v) is 6.42. The zero-order valence-corrected chi connectivity index (χ0v) is 16.8. The Balaban J connectivity index is 1.86. The van der Waals surface area contributed by atoms with Gasteiger partial charge in [-0.25, -0.2) is 0 Å². The summed E-state index contributed by atoms with van der Waals surface area (Å²) in [4.78, 5) is 15.5. The van der Waals surface area contributed by atoms with Gasteiger partial charge in [0, 0.05) is 40.3 Å². The van der Waals surface area contributed by atoms with Crippen molar-refractivity contribution in [1.82, 2.24) is 5.32 Å². The second-order valence-corrected chi connectivity index (χ2v) is 8.41. The van der Waals surface area contributed by atoms with Gasteiger partial charge >= 0.3 is 0 Å². The number of hydrogen-bond donors (Lipinski definition) is 1. The fraction of sp³-hybridized carbons (Fsp3) is 0.368. The van der Waals surface area contributed by atoms with E-state index in [4.69, 9.17) is 27.9 Å². The fourth-order valence-corrected chi connectivity index (χ4v) is 4.82. The number of thiophene rings is 1. The molecule has 0 atom stereocenters.